The summed E-state index contributed by atoms with van der Waals surface area (Å²) >= 11 is 5.84. The lowest BCUT2D eigenvalue weighted by Gasteiger charge is -2.29. The number of carbonyl (C=O) groups excluding carboxylic acids is 2. The molecule has 1 rings (SSSR count). The molecule has 0 spiro atoms. The minimum atomic E-state index is -0.910. The molecular formula is C20H29ClFNO5. The fraction of sp³-hybridized carbons (Fsp3) is 0.600. The standard InChI is InChI=1S/C20H29ClFNO5/c1-11(2)17(13(4)26-16-9-14(21)8-15(22)10-16)27-18(24)12(3)23-19(25)28-20(5,6)7/h8-13,17H,1-7H3,(H,23,25)/t12-,13-,17?/m0/s1. The molecule has 0 aliphatic heterocycles. The summed E-state index contributed by atoms with van der Waals surface area (Å²) in [5.41, 5.74) is -0.678. The highest BCUT2D eigenvalue weighted by molar-refractivity contribution is 6.30. The van der Waals surface area contributed by atoms with Crippen LogP contribution in [0.4, 0.5) is 9.18 Å². The Morgan fingerprint density at radius 2 is 1.71 bits per heavy atom. The summed E-state index contributed by atoms with van der Waals surface area (Å²) in [6.45, 7) is 12.1. The molecule has 0 aliphatic rings. The van der Waals surface area contributed by atoms with Gasteiger partial charge in [0.05, 0.1) is 0 Å². The second-order valence-electron chi connectivity index (χ2n) is 7.94. The van der Waals surface area contributed by atoms with Gasteiger partial charge < -0.3 is 19.5 Å². The molecular weight excluding hydrogens is 389 g/mol. The van der Waals surface area contributed by atoms with E-state index in [1.54, 1.807) is 27.7 Å². The van der Waals surface area contributed by atoms with E-state index in [0.717, 1.165) is 0 Å². The molecule has 1 amide bonds. The fourth-order valence-electron chi connectivity index (χ4n) is 2.43. The van der Waals surface area contributed by atoms with Crippen molar-refractivity contribution in [3.63, 3.8) is 0 Å². The van der Waals surface area contributed by atoms with Crippen LogP contribution in [0.5, 0.6) is 5.75 Å². The Morgan fingerprint density at radius 3 is 2.21 bits per heavy atom. The van der Waals surface area contributed by atoms with E-state index in [0.29, 0.717) is 0 Å². The van der Waals surface area contributed by atoms with Crippen molar-refractivity contribution in [2.75, 3.05) is 0 Å². The van der Waals surface area contributed by atoms with Crippen molar-refractivity contribution in [2.45, 2.75) is 72.3 Å². The maximum absolute atomic E-state index is 13.5. The van der Waals surface area contributed by atoms with Crippen LogP contribution in [0, 0.1) is 11.7 Å². The van der Waals surface area contributed by atoms with Gasteiger partial charge in [-0.15, -0.1) is 0 Å². The Morgan fingerprint density at radius 1 is 1.11 bits per heavy atom. The lowest BCUT2D eigenvalue weighted by Crippen LogP contribution is -2.46. The maximum atomic E-state index is 13.5. The number of esters is 1. The molecule has 1 aromatic rings. The first-order chi connectivity index (χ1) is 12.8. The molecule has 0 fully saturated rings. The van der Waals surface area contributed by atoms with Crippen LogP contribution in [0.15, 0.2) is 18.2 Å². The summed E-state index contributed by atoms with van der Waals surface area (Å²) in [4.78, 5) is 24.2. The molecule has 1 unspecified atom stereocenters. The Bertz CT molecular complexity index is 669. The van der Waals surface area contributed by atoms with Gasteiger partial charge in [-0.3, -0.25) is 0 Å². The van der Waals surface area contributed by atoms with Crippen LogP contribution in [0.2, 0.25) is 5.02 Å². The van der Waals surface area contributed by atoms with Crippen LogP contribution >= 0.6 is 11.6 Å². The SMILES string of the molecule is CC(C)C(OC(=O)[C@H](C)NC(=O)OC(C)(C)C)[C@H](C)Oc1cc(F)cc(Cl)c1. The third-order valence-electron chi connectivity index (χ3n) is 3.62. The average Bonchev–Trinajstić information content (AvgIpc) is 2.48. The predicted molar refractivity (Wildman–Crippen MR) is 105 cm³/mol. The predicted octanol–water partition coefficient (Wildman–Crippen LogP) is 4.73. The molecule has 3 atom stereocenters. The number of ether oxygens (including phenoxy) is 3. The van der Waals surface area contributed by atoms with Gasteiger partial charge in [0.1, 0.15) is 35.4 Å². The first-order valence-electron chi connectivity index (χ1n) is 9.11. The van der Waals surface area contributed by atoms with E-state index in [2.05, 4.69) is 5.32 Å². The van der Waals surface area contributed by atoms with Gasteiger partial charge >= 0.3 is 12.1 Å². The monoisotopic (exact) mass is 417 g/mol. The molecule has 0 radical (unpaired) electrons. The van der Waals surface area contributed by atoms with Gasteiger partial charge in [-0.05, 0) is 52.7 Å². The van der Waals surface area contributed by atoms with Crippen LogP contribution in [-0.2, 0) is 14.3 Å². The molecule has 6 nitrogen and oxygen atoms in total. The molecule has 0 bridgehead atoms. The number of rotatable bonds is 7. The number of hydrogen-bond acceptors (Lipinski definition) is 5. The largest absolute Gasteiger partial charge is 0.487 e. The van der Waals surface area contributed by atoms with Gasteiger partial charge in [0.25, 0.3) is 0 Å². The smallest absolute Gasteiger partial charge is 0.408 e. The van der Waals surface area contributed by atoms with Crippen molar-refractivity contribution < 1.29 is 28.2 Å². The van der Waals surface area contributed by atoms with Gasteiger partial charge in [-0.1, -0.05) is 25.4 Å². The van der Waals surface area contributed by atoms with Crippen molar-refractivity contribution in [3.8, 4) is 5.75 Å². The number of benzene rings is 1. The maximum Gasteiger partial charge on any atom is 0.408 e. The van der Waals surface area contributed by atoms with E-state index in [1.807, 2.05) is 13.8 Å². The van der Waals surface area contributed by atoms with Crippen LogP contribution in [0.25, 0.3) is 0 Å². The third-order valence-corrected chi connectivity index (χ3v) is 3.84. The third kappa shape index (κ3) is 8.33. The summed E-state index contributed by atoms with van der Waals surface area (Å²) in [5, 5.41) is 2.64. The number of amides is 1. The second kappa shape index (κ2) is 9.96. The second-order valence-corrected chi connectivity index (χ2v) is 8.38. The number of carbonyl (C=O) groups is 2. The van der Waals surface area contributed by atoms with E-state index in [1.165, 1.54) is 25.1 Å². The van der Waals surface area contributed by atoms with Gasteiger partial charge in [0.2, 0.25) is 0 Å². The number of alkyl carbamates (subject to hydrolysis) is 1. The van der Waals surface area contributed by atoms with Gasteiger partial charge in [-0.2, -0.15) is 0 Å². The van der Waals surface area contributed by atoms with Crippen molar-refractivity contribution in [2.24, 2.45) is 5.92 Å². The zero-order valence-corrected chi connectivity index (χ0v) is 18.1. The molecule has 0 saturated carbocycles. The van der Waals surface area contributed by atoms with Crippen molar-refractivity contribution in [1.29, 1.82) is 0 Å². The van der Waals surface area contributed by atoms with E-state index in [-0.39, 0.29) is 16.7 Å². The van der Waals surface area contributed by atoms with Crippen molar-refractivity contribution in [1.82, 2.24) is 5.32 Å². The zero-order chi connectivity index (χ0) is 21.6. The Hall–Kier alpha value is -2.02. The summed E-state index contributed by atoms with van der Waals surface area (Å²) in [6, 6.07) is 2.94. The van der Waals surface area contributed by atoms with Crippen molar-refractivity contribution in [3.05, 3.63) is 29.0 Å². The first-order valence-corrected chi connectivity index (χ1v) is 9.49. The van der Waals surface area contributed by atoms with Gasteiger partial charge in [-0.25, -0.2) is 14.0 Å². The number of nitrogens with one attached hydrogen (secondary N) is 1. The van der Waals surface area contributed by atoms with Gasteiger partial charge in [0.15, 0.2) is 0 Å². The summed E-state index contributed by atoms with van der Waals surface area (Å²) < 4.78 is 29.9. The Labute approximate surface area is 170 Å². The first kappa shape index (κ1) is 24.0. The highest BCUT2D eigenvalue weighted by Crippen LogP contribution is 2.24. The molecule has 28 heavy (non-hydrogen) atoms. The van der Waals surface area contributed by atoms with E-state index < -0.39 is 41.7 Å². The van der Waals surface area contributed by atoms with Crippen LogP contribution in [0.3, 0.4) is 0 Å². The molecule has 0 heterocycles. The Kier molecular flexibility index (Phi) is 8.54. The molecule has 0 saturated heterocycles. The molecule has 1 aromatic carbocycles. The topological polar surface area (TPSA) is 73.9 Å². The summed E-state index contributed by atoms with van der Waals surface area (Å²) in [7, 11) is 0. The fourth-order valence-corrected chi connectivity index (χ4v) is 2.64. The summed E-state index contributed by atoms with van der Waals surface area (Å²) in [5.74, 6) is -1.00. The minimum Gasteiger partial charge on any atom is -0.487 e. The number of hydrogen-bond donors (Lipinski definition) is 1. The highest BCUT2D eigenvalue weighted by atomic mass is 35.5. The number of halogens is 2. The van der Waals surface area contributed by atoms with E-state index in [9.17, 15) is 14.0 Å². The zero-order valence-electron chi connectivity index (χ0n) is 17.3. The average molecular weight is 418 g/mol. The van der Waals surface area contributed by atoms with Crippen LogP contribution in [-0.4, -0.2) is 35.9 Å². The summed E-state index contributed by atoms with van der Waals surface area (Å²) in [6.07, 6.45) is -1.91. The van der Waals surface area contributed by atoms with Crippen LogP contribution < -0.4 is 10.1 Å². The minimum absolute atomic E-state index is 0.0864. The van der Waals surface area contributed by atoms with E-state index >= 15 is 0 Å². The molecule has 0 aromatic heterocycles. The van der Waals surface area contributed by atoms with Crippen molar-refractivity contribution >= 4 is 23.7 Å². The quantitative estimate of drug-likeness (QED) is 0.649. The Balaban J connectivity index is 2.74. The van der Waals surface area contributed by atoms with Crippen LogP contribution in [0.1, 0.15) is 48.5 Å². The normalized spacial score (nSPS) is 14.8. The highest BCUT2D eigenvalue weighted by Gasteiger charge is 2.30. The lowest BCUT2D eigenvalue weighted by atomic mass is 10.0. The van der Waals surface area contributed by atoms with Gasteiger partial charge in [0, 0.05) is 11.1 Å². The molecule has 0 aliphatic carbocycles. The molecule has 158 valence electrons. The molecule has 8 heteroatoms. The molecule has 1 N–H and O–H groups in total. The lowest BCUT2D eigenvalue weighted by molar-refractivity contribution is -0.158. The van der Waals surface area contributed by atoms with E-state index in [4.69, 9.17) is 25.8 Å².